The van der Waals surface area contributed by atoms with Crippen LogP contribution in [0.5, 0.6) is 5.75 Å². The van der Waals surface area contributed by atoms with E-state index < -0.39 is 25.3 Å². The summed E-state index contributed by atoms with van der Waals surface area (Å²) < 4.78 is 39.3. The normalized spacial score (nSPS) is 11.3. The maximum absolute atomic E-state index is 11.7. The van der Waals surface area contributed by atoms with E-state index in [1.807, 2.05) is 0 Å². The molecule has 1 aromatic carbocycles. The summed E-state index contributed by atoms with van der Waals surface area (Å²) in [5.41, 5.74) is 0.638. The van der Waals surface area contributed by atoms with Gasteiger partial charge in [0.15, 0.2) is 0 Å². The number of nitrogens with one attached hydrogen (secondary N) is 1. The minimum absolute atomic E-state index is 0.0510. The summed E-state index contributed by atoms with van der Waals surface area (Å²) in [7, 11) is 0. The van der Waals surface area contributed by atoms with E-state index in [0.29, 0.717) is 5.56 Å². The van der Waals surface area contributed by atoms with E-state index in [1.165, 1.54) is 12.1 Å². The Balaban J connectivity index is 2.25. The van der Waals surface area contributed by atoms with Crippen LogP contribution >= 0.6 is 0 Å². The molecule has 1 aromatic rings. The molecule has 1 amide bonds. The molecule has 0 bridgehead atoms. The van der Waals surface area contributed by atoms with Crippen molar-refractivity contribution in [1.29, 1.82) is 0 Å². The van der Waals surface area contributed by atoms with Crippen molar-refractivity contribution in [3.05, 3.63) is 29.8 Å². The molecular weight excluding hydrogens is 251 g/mol. The van der Waals surface area contributed by atoms with E-state index in [9.17, 15) is 18.0 Å². The molecule has 0 unspecified atom stereocenters. The van der Waals surface area contributed by atoms with Crippen molar-refractivity contribution < 1.29 is 27.8 Å². The number of benzene rings is 1. The van der Waals surface area contributed by atoms with Gasteiger partial charge in [0.05, 0.1) is 0 Å². The fourth-order valence-electron chi connectivity index (χ4n) is 1.18. The second-order valence-electron chi connectivity index (χ2n) is 3.55. The van der Waals surface area contributed by atoms with E-state index in [1.54, 1.807) is 12.1 Å². The number of amides is 1. The number of ether oxygens (including phenoxy) is 1. The van der Waals surface area contributed by atoms with Crippen molar-refractivity contribution >= 4 is 5.91 Å². The standard InChI is InChI=1S/C11H12F3NO3/c12-11(13,14)7-18-6-10(17)15-5-8-2-1-3-9(16)4-8/h1-4,16H,5-7H2,(H,15,17). The number of phenolic OH excluding ortho intramolecular Hbond substituents is 1. The zero-order chi connectivity index (χ0) is 13.6. The highest BCUT2D eigenvalue weighted by Crippen LogP contribution is 2.14. The van der Waals surface area contributed by atoms with Crippen LogP contribution in [0.15, 0.2) is 24.3 Å². The highest BCUT2D eigenvalue weighted by atomic mass is 19.4. The molecule has 1 rings (SSSR count). The lowest BCUT2D eigenvalue weighted by atomic mass is 10.2. The molecule has 18 heavy (non-hydrogen) atoms. The fourth-order valence-corrected chi connectivity index (χ4v) is 1.18. The minimum Gasteiger partial charge on any atom is -0.508 e. The molecule has 0 atom stereocenters. The Labute approximate surface area is 101 Å². The van der Waals surface area contributed by atoms with Crippen molar-refractivity contribution in [3.8, 4) is 5.75 Å². The van der Waals surface area contributed by atoms with Gasteiger partial charge >= 0.3 is 6.18 Å². The van der Waals surface area contributed by atoms with Gasteiger partial charge in [-0.05, 0) is 17.7 Å². The molecule has 7 heteroatoms. The SMILES string of the molecule is O=C(COCC(F)(F)F)NCc1cccc(O)c1. The lowest BCUT2D eigenvalue weighted by molar-refractivity contribution is -0.175. The second kappa shape index (κ2) is 6.25. The molecule has 0 saturated carbocycles. The summed E-state index contributed by atoms with van der Waals surface area (Å²) in [6.07, 6.45) is -4.44. The predicted octanol–water partition coefficient (Wildman–Crippen LogP) is 1.59. The molecule has 0 aliphatic carbocycles. The first-order valence-electron chi connectivity index (χ1n) is 5.06. The van der Waals surface area contributed by atoms with Crippen LogP contribution in [0.3, 0.4) is 0 Å². The Bertz CT molecular complexity index is 407. The number of alkyl halides is 3. The summed E-state index contributed by atoms with van der Waals surface area (Å²) in [5, 5.41) is 11.5. The van der Waals surface area contributed by atoms with Gasteiger partial charge < -0.3 is 15.2 Å². The van der Waals surface area contributed by atoms with Crippen molar-refractivity contribution in [1.82, 2.24) is 5.32 Å². The predicted molar refractivity (Wildman–Crippen MR) is 56.8 cm³/mol. The number of halogens is 3. The van der Waals surface area contributed by atoms with Gasteiger partial charge in [-0.15, -0.1) is 0 Å². The van der Waals surface area contributed by atoms with Crippen LogP contribution in [-0.4, -0.2) is 30.4 Å². The Morgan fingerprint density at radius 2 is 2.11 bits per heavy atom. The van der Waals surface area contributed by atoms with Crippen LogP contribution in [-0.2, 0) is 16.1 Å². The number of phenols is 1. The molecular formula is C11H12F3NO3. The van der Waals surface area contributed by atoms with E-state index in [4.69, 9.17) is 5.11 Å². The van der Waals surface area contributed by atoms with Gasteiger partial charge in [-0.1, -0.05) is 12.1 Å². The smallest absolute Gasteiger partial charge is 0.411 e. The second-order valence-corrected chi connectivity index (χ2v) is 3.55. The Kier molecular flexibility index (Phi) is 4.96. The topological polar surface area (TPSA) is 58.6 Å². The molecule has 0 fully saturated rings. The van der Waals surface area contributed by atoms with E-state index in [0.717, 1.165) is 0 Å². The number of carbonyl (C=O) groups excluding carboxylic acids is 1. The van der Waals surface area contributed by atoms with Crippen molar-refractivity contribution in [2.45, 2.75) is 12.7 Å². The lowest BCUT2D eigenvalue weighted by Gasteiger charge is -2.08. The third kappa shape index (κ3) is 6.09. The van der Waals surface area contributed by atoms with Crippen molar-refractivity contribution in [3.63, 3.8) is 0 Å². The Morgan fingerprint density at radius 3 is 2.72 bits per heavy atom. The van der Waals surface area contributed by atoms with Crippen molar-refractivity contribution in [2.24, 2.45) is 0 Å². The first kappa shape index (κ1) is 14.3. The molecule has 2 N–H and O–H groups in total. The zero-order valence-electron chi connectivity index (χ0n) is 9.33. The van der Waals surface area contributed by atoms with Crippen LogP contribution in [0, 0.1) is 0 Å². The number of hydrogen-bond donors (Lipinski definition) is 2. The van der Waals surface area contributed by atoms with E-state index in [2.05, 4.69) is 10.1 Å². The van der Waals surface area contributed by atoms with Gasteiger partial charge in [-0.3, -0.25) is 4.79 Å². The lowest BCUT2D eigenvalue weighted by Crippen LogP contribution is -2.29. The Morgan fingerprint density at radius 1 is 1.39 bits per heavy atom. The van der Waals surface area contributed by atoms with Crippen LogP contribution < -0.4 is 5.32 Å². The van der Waals surface area contributed by atoms with Gasteiger partial charge in [-0.25, -0.2) is 0 Å². The summed E-state index contributed by atoms with van der Waals surface area (Å²) in [5.74, 6) is -0.599. The van der Waals surface area contributed by atoms with Crippen molar-refractivity contribution in [2.75, 3.05) is 13.2 Å². The highest BCUT2D eigenvalue weighted by molar-refractivity contribution is 5.77. The maximum Gasteiger partial charge on any atom is 0.411 e. The van der Waals surface area contributed by atoms with E-state index in [-0.39, 0.29) is 12.3 Å². The molecule has 0 aromatic heterocycles. The summed E-state index contributed by atoms with van der Waals surface area (Å²) in [4.78, 5) is 11.1. The molecule has 0 aliphatic rings. The average Bonchev–Trinajstić information content (AvgIpc) is 2.25. The minimum atomic E-state index is -4.44. The van der Waals surface area contributed by atoms with Gasteiger partial charge in [0, 0.05) is 6.54 Å². The Hall–Kier alpha value is -1.76. The van der Waals surface area contributed by atoms with Gasteiger partial charge in [0.2, 0.25) is 5.91 Å². The van der Waals surface area contributed by atoms with Crippen LogP contribution in [0.2, 0.25) is 0 Å². The molecule has 0 heterocycles. The zero-order valence-corrected chi connectivity index (χ0v) is 9.33. The largest absolute Gasteiger partial charge is 0.508 e. The van der Waals surface area contributed by atoms with Crippen LogP contribution in [0.25, 0.3) is 0 Å². The first-order chi connectivity index (χ1) is 8.37. The maximum atomic E-state index is 11.7. The number of rotatable bonds is 5. The molecule has 4 nitrogen and oxygen atoms in total. The summed E-state index contributed by atoms with van der Waals surface area (Å²) in [6, 6.07) is 6.17. The number of aromatic hydroxyl groups is 1. The molecule has 0 spiro atoms. The highest BCUT2D eigenvalue weighted by Gasteiger charge is 2.27. The third-order valence-corrected chi connectivity index (χ3v) is 1.90. The molecule has 0 radical (unpaired) electrons. The average molecular weight is 263 g/mol. The first-order valence-corrected chi connectivity index (χ1v) is 5.06. The van der Waals surface area contributed by atoms with E-state index >= 15 is 0 Å². The fraction of sp³-hybridized carbons (Fsp3) is 0.364. The monoisotopic (exact) mass is 263 g/mol. The third-order valence-electron chi connectivity index (χ3n) is 1.90. The molecule has 100 valence electrons. The van der Waals surface area contributed by atoms with Gasteiger partial charge in [0.1, 0.15) is 19.0 Å². The summed E-state index contributed by atoms with van der Waals surface area (Å²) in [6.45, 7) is -1.99. The number of carbonyl (C=O) groups is 1. The van der Waals surface area contributed by atoms with Crippen LogP contribution in [0.4, 0.5) is 13.2 Å². The number of hydrogen-bond acceptors (Lipinski definition) is 3. The molecule has 0 aliphatic heterocycles. The molecule has 0 saturated heterocycles. The van der Waals surface area contributed by atoms with Gasteiger partial charge in [0.25, 0.3) is 0 Å². The quantitative estimate of drug-likeness (QED) is 0.848. The van der Waals surface area contributed by atoms with Gasteiger partial charge in [-0.2, -0.15) is 13.2 Å². The van der Waals surface area contributed by atoms with Crippen LogP contribution in [0.1, 0.15) is 5.56 Å². The summed E-state index contributed by atoms with van der Waals surface area (Å²) >= 11 is 0.